The topological polar surface area (TPSA) is 87.7 Å². The standard InChI is InChI=1S/C24H29N3O4/c1-4-30-19-9-10-20-21(13-19)27(18-11-12-29-14-18)23(22(20)25)16-5-7-17(8-6-16)26-24(28)31-15(2)3/h5-10,13,15,18H,4,11-12,14,25H2,1-3H3,(H,26,28). The van der Waals surface area contributed by atoms with Gasteiger partial charge in [0.1, 0.15) is 5.75 Å². The van der Waals surface area contributed by atoms with Crippen molar-refractivity contribution in [1.82, 2.24) is 4.57 Å². The summed E-state index contributed by atoms with van der Waals surface area (Å²) in [5, 5.41) is 3.74. The maximum absolute atomic E-state index is 11.9. The summed E-state index contributed by atoms with van der Waals surface area (Å²) >= 11 is 0. The van der Waals surface area contributed by atoms with Crippen LogP contribution in [0.3, 0.4) is 0 Å². The van der Waals surface area contributed by atoms with E-state index in [-0.39, 0.29) is 12.1 Å². The summed E-state index contributed by atoms with van der Waals surface area (Å²) in [6, 6.07) is 13.9. The van der Waals surface area contributed by atoms with Crippen molar-refractivity contribution >= 4 is 28.4 Å². The van der Waals surface area contributed by atoms with E-state index in [0.29, 0.717) is 18.9 Å². The molecule has 1 saturated heterocycles. The third-order valence-corrected chi connectivity index (χ3v) is 5.34. The summed E-state index contributed by atoms with van der Waals surface area (Å²) in [5.41, 5.74) is 11.0. The molecule has 2 heterocycles. The lowest BCUT2D eigenvalue weighted by atomic mass is 10.1. The quantitative estimate of drug-likeness (QED) is 0.568. The van der Waals surface area contributed by atoms with Crippen molar-refractivity contribution in [2.24, 2.45) is 0 Å². The predicted molar refractivity (Wildman–Crippen MR) is 123 cm³/mol. The third-order valence-electron chi connectivity index (χ3n) is 5.34. The first-order valence-electron chi connectivity index (χ1n) is 10.7. The van der Waals surface area contributed by atoms with Crippen molar-refractivity contribution < 1.29 is 19.0 Å². The van der Waals surface area contributed by atoms with Gasteiger partial charge in [-0.2, -0.15) is 0 Å². The molecule has 2 aromatic carbocycles. The van der Waals surface area contributed by atoms with E-state index in [1.165, 1.54) is 0 Å². The molecule has 0 radical (unpaired) electrons. The molecule has 164 valence electrons. The van der Waals surface area contributed by atoms with Gasteiger partial charge in [-0.3, -0.25) is 5.32 Å². The van der Waals surface area contributed by atoms with Gasteiger partial charge in [0.25, 0.3) is 0 Å². The van der Waals surface area contributed by atoms with Gasteiger partial charge in [0.05, 0.1) is 42.3 Å². The Labute approximate surface area is 182 Å². The second kappa shape index (κ2) is 8.89. The predicted octanol–water partition coefficient (Wildman–Crippen LogP) is 5.21. The van der Waals surface area contributed by atoms with Gasteiger partial charge in [-0.25, -0.2) is 4.79 Å². The lowest BCUT2D eigenvalue weighted by Crippen LogP contribution is -2.17. The van der Waals surface area contributed by atoms with Crippen LogP contribution >= 0.6 is 0 Å². The van der Waals surface area contributed by atoms with Crippen LogP contribution < -0.4 is 15.8 Å². The van der Waals surface area contributed by atoms with Gasteiger partial charge < -0.3 is 24.5 Å². The summed E-state index contributed by atoms with van der Waals surface area (Å²) in [5.74, 6) is 0.822. The lowest BCUT2D eigenvalue weighted by molar-refractivity contribution is 0.130. The van der Waals surface area contributed by atoms with E-state index in [9.17, 15) is 4.79 Å². The number of carbonyl (C=O) groups excluding carboxylic acids is 1. The number of hydrogen-bond donors (Lipinski definition) is 2. The average Bonchev–Trinajstić information content (AvgIpc) is 3.35. The normalized spacial score (nSPS) is 16.1. The molecule has 0 saturated carbocycles. The van der Waals surface area contributed by atoms with Crippen LogP contribution in [0.5, 0.6) is 5.75 Å². The number of nitrogens with zero attached hydrogens (tertiary/aromatic N) is 1. The van der Waals surface area contributed by atoms with E-state index >= 15 is 0 Å². The average molecular weight is 424 g/mol. The van der Waals surface area contributed by atoms with Crippen LogP contribution in [-0.4, -0.2) is 36.6 Å². The molecule has 7 heteroatoms. The number of nitrogens with two attached hydrogens (primary N) is 1. The highest BCUT2D eigenvalue weighted by Gasteiger charge is 2.26. The van der Waals surface area contributed by atoms with E-state index in [1.54, 1.807) is 0 Å². The molecule has 0 spiro atoms. The number of hydrogen-bond acceptors (Lipinski definition) is 5. The number of aromatic nitrogens is 1. The largest absolute Gasteiger partial charge is 0.494 e. The molecule has 3 N–H and O–H groups in total. The zero-order valence-electron chi connectivity index (χ0n) is 18.2. The zero-order valence-corrected chi connectivity index (χ0v) is 18.2. The van der Waals surface area contributed by atoms with Crippen molar-refractivity contribution in [3.8, 4) is 17.0 Å². The van der Waals surface area contributed by atoms with Gasteiger partial charge in [-0.05, 0) is 51.5 Å². The number of amides is 1. The summed E-state index contributed by atoms with van der Waals surface area (Å²) < 4.78 is 18.8. The first-order valence-corrected chi connectivity index (χ1v) is 10.7. The van der Waals surface area contributed by atoms with Crippen molar-refractivity contribution in [3.63, 3.8) is 0 Å². The zero-order chi connectivity index (χ0) is 22.0. The van der Waals surface area contributed by atoms with Crippen LogP contribution in [0.25, 0.3) is 22.2 Å². The Morgan fingerprint density at radius 2 is 2.03 bits per heavy atom. The van der Waals surface area contributed by atoms with Crippen LogP contribution in [0.4, 0.5) is 16.2 Å². The second-order valence-electron chi connectivity index (χ2n) is 7.92. The van der Waals surface area contributed by atoms with E-state index in [2.05, 4.69) is 16.0 Å². The molecule has 1 aromatic heterocycles. The minimum atomic E-state index is -0.470. The highest BCUT2D eigenvalue weighted by molar-refractivity contribution is 6.01. The molecule has 0 bridgehead atoms. The summed E-state index contributed by atoms with van der Waals surface area (Å²) in [6.07, 6.45) is 0.281. The molecule has 31 heavy (non-hydrogen) atoms. The lowest BCUT2D eigenvalue weighted by Gasteiger charge is -2.18. The van der Waals surface area contributed by atoms with Crippen molar-refractivity contribution in [2.75, 3.05) is 30.9 Å². The SMILES string of the molecule is CCOc1ccc2c(N)c(-c3ccc(NC(=O)OC(C)C)cc3)n(C3CCOC3)c2c1. The summed E-state index contributed by atoms with van der Waals surface area (Å²) in [6.45, 7) is 7.59. The van der Waals surface area contributed by atoms with Crippen LogP contribution in [0.2, 0.25) is 0 Å². The molecule has 1 aliphatic rings. The molecule has 1 atom stereocenters. The Morgan fingerprint density at radius 3 is 2.68 bits per heavy atom. The third kappa shape index (κ3) is 4.32. The molecule has 1 aliphatic heterocycles. The van der Waals surface area contributed by atoms with Gasteiger partial charge in [-0.15, -0.1) is 0 Å². The van der Waals surface area contributed by atoms with E-state index in [0.717, 1.165) is 46.6 Å². The molecule has 3 aromatic rings. The van der Waals surface area contributed by atoms with Crippen molar-refractivity contribution in [2.45, 2.75) is 39.3 Å². The van der Waals surface area contributed by atoms with Gasteiger partial charge in [0.2, 0.25) is 0 Å². The van der Waals surface area contributed by atoms with Gasteiger partial charge in [0, 0.05) is 29.3 Å². The van der Waals surface area contributed by atoms with Crippen LogP contribution in [0, 0.1) is 0 Å². The maximum Gasteiger partial charge on any atom is 0.411 e. The first-order chi connectivity index (χ1) is 15.0. The molecule has 0 aliphatic carbocycles. The summed E-state index contributed by atoms with van der Waals surface area (Å²) in [7, 11) is 0. The van der Waals surface area contributed by atoms with E-state index in [4.69, 9.17) is 19.9 Å². The van der Waals surface area contributed by atoms with E-state index in [1.807, 2.05) is 57.2 Å². The Hall–Kier alpha value is -3.19. The number of nitrogens with one attached hydrogen (secondary N) is 1. The molecule has 4 rings (SSSR count). The van der Waals surface area contributed by atoms with Gasteiger partial charge in [0.15, 0.2) is 0 Å². The highest BCUT2D eigenvalue weighted by atomic mass is 16.6. The molecular weight excluding hydrogens is 394 g/mol. The van der Waals surface area contributed by atoms with E-state index < -0.39 is 6.09 Å². The fraction of sp³-hybridized carbons (Fsp3) is 0.375. The fourth-order valence-corrected chi connectivity index (χ4v) is 4.05. The van der Waals surface area contributed by atoms with Crippen LogP contribution in [0.1, 0.15) is 33.2 Å². The number of carbonyl (C=O) groups is 1. The minimum absolute atomic E-state index is 0.176. The van der Waals surface area contributed by atoms with Gasteiger partial charge in [-0.1, -0.05) is 12.1 Å². The number of rotatable bonds is 6. The monoisotopic (exact) mass is 423 g/mol. The van der Waals surface area contributed by atoms with Crippen LogP contribution in [-0.2, 0) is 9.47 Å². The number of ether oxygens (including phenoxy) is 3. The highest BCUT2D eigenvalue weighted by Crippen LogP contribution is 2.41. The van der Waals surface area contributed by atoms with Crippen molar-refractivity contribution in [3.05, 3.63) is 42.5 Å². The Morgan fingerprint density at radius 1 is 1.26 bits per heavy atom. The fourth-order valence-electron chi connectivity index (χ4n) is 4.05. The number of anilines is 2. The molecular formula is C24H29N3O4. The number of fused-ring (bicyclic) bond motifs is 1. The maximum atomic E-state index is 11.9. The number of benzene rings is 2. The molecule has 7 nitrogen and oxygen atoms in total. The first kappa shape index (κ1) is 21.1. The Bertz CT molecular complexity index is 1070. The molecule has 1 fully saturated rings. The smallest absolute Gasteiger partial charge is 0.411 e. The van der Waals surface area contributed by atoms with Gasteiger partial charge >= 0.3 is 6.09 Å². The number of nitrogen functional groups attached to an aromatic ring is 1. The van der Waals surface area contributed by atoms with Crippen LogP contribution in [0.15, 0.2) is 42.5 Å². The molecule has 1 amide bonds. The molecule has 1 unspecified atom stereocenters. The Kier molecular flexibility index (Phi) is 6.04. The van der Waals surface area contributed by atoms with Crippen molar-refractivity contribution in [1.29, 1.82) is 0 Å². The second-order valence-corrected chi connectivity index (χ2v) is 7.92. The Balaban J connectivity index is 1.75. The summed E-state index contributed by atoms with van der Waals surface area (Å²) in [4.78, 5) is 11.9. The minimum Gasteiger partial charge on any atom is -0.494 e.